The molecule has 0 aliphatic rings. The van der Waals surface area contributed by atoms with Crippen molar-refractivity contribution in [2.45, 2.75) is 6.92 Å². The zero-order chi connectivity index (χ0) is 9.68. The fourth-order valence-electron chi connectivity index (χ4n) is 1.03. The number of rotatable bonds is 3. The standard InChI is InChI=1S/C11H13NO/c1-9-4-6-10(7-5-9)11(12-2)8-13-3/h4-8H,2H2,1,3H3/b11-8-. The van der Waals surface area contributed by atoms with Crippen LogP contribution in [0.15, 0.2) is 35.5 Å². The average molecular weight is 175 g/mol. The van der Waals surface area contributed by atoms with Gasteiger partial charge < -0.3 is 4.74 Å². The normalized spacial score (nSPS) is 11.1. The van der Waals surface area contributed by atoms with Gasteiger partial charge in [0.1, 0.15) is 12.0 Å². The smallest absolute Gasteiger partial charge is 0.109 e. The first-order valence-electron chi connectivity index (χ1n) is 4.04. The van der Waals surface area contributed by atoms with Gasteiger partial charge in [-0.05, 0) is 13.6 Å². The van der Waals surface area contributed by atoms with Crippen molar-refractivity contribution in [3.05, 3.63) is 41.7 Å². The van der Waals surface area contributed by atoms with E-state index in [2.05, 4.69) is 11.7 Å². The maximum absolute atomic E-state index is 4.88. The summed E-state index contributed by atoms with van der Waals surface area (Å²) in [6.07, 6.45) is 1.58. The fourth-order valence-corrected chi connectivity index (χ4v) is 1.03. The quantitative estimate of drug-likeness (QED) is 0.511. The molecule has 0 radical (unpaired) electrons. The molecule has 0 N–H and O–H groups in total. The topological polar surface area (TPSA) is 21.6 Å². The van der Waals surface area contributed by atoms with Crippen LogP contribution >= 0.6 is 0 Å². The first-order chi connectivity index (χ1) is 6.27. The number of methoxy groups -OCH3 is 1. The van der Waals surface area contributed by atoms with Crippen LogP contribution in [0.2, 0.25) is 0 Å². The minimum absolute atomic E-state index is 0.752. The zero-order valence-electron chi connectivity index (χ0n) is 7.95. The monoisotopic (exact) mass is 175 g/mol. The van der Waals surface area contributed by atoms with Crippen LogP contribution in [0, 0.1) is 6.92 Å². The van der Waals surface area contributed by atoms with Gasteiger partial charge in [0.25, 0.3) is 0 Å². The van der Waals surface area contributed by atoms with Crippen molar-refractivity contribution >= 4 is 12.4 Å². The number of benzene rings is 1. The minimum Gasteiger partial charge on any atom is -0.502 e. The Bertz CT molecular complexity index is 311. The van der Waals surface area contributed by atoms with Crippen LogP contribution in [0.3, 0.4) is 0 Å². The first kappa shape index (κ1) is 9.52. The molecule has 13 heavy (non-hydrogen) atoms. The predicted molar refractivity (Wildman–Crippen MR) is 55.7 cm³/mol. The van der Waals surface area contributed by atoms with Crippen LogP contribution < -0.4 is 0 Å². The number of aliphatic imine (C=N–C) groups is 1. The molecule has 1 aromatic rings. The fraction of sp³-hybridized carbons (Fsp3) is 0.182. The molecule has 0 saturated carbocycles. The molecule has 0 aromatic heterocycles. The molecule has 1 aromatic carbocycles. The molecule has 0 unspecified atom stereocenters. The van der Waals surface area contributed by atoms with Crippen LogP contribution in [0.5, 0.6) is 0 Å². The average Bonchev–Trinajstić information content (AvgIpc) is 2.16. The lowest BCUT2D eigenvalue weighted by atomic mass is 10.1. The molecule has 0 atom stereocenters. The molecular weight excluding hydrogens is 162 g/mol. The Kier molecular flexibility index (Phi) is 3.26. The third-order valence-corrected chi connectivity index (χ3v) is 1.75. The Morgan fingerprint density at radius 3 is 2.46 bits per heavy atom. The second-order valence-corrected chi connectivity index (χ2v) is 2.76. The van der Waals surface area contributed by atoms with E-state index in [4.69, 9.17) is 4.74 Å². The lowest BCUT2D eigenvalue weighted by Gasteiger charge is -2.01. The zero-order valence-corrected chi connectivity index (χ0v) is 7.95. The van der Waals surface area contributed by atoms with Gasteiger partial charge in [-0.1, -0.05) is 29.8 Å². The Morgan fingerprint density at radius 2 is 2.00 bits per heavy atom. The summed E-state index contributed by atoms with van der Waals surface area (Å²) in [7, 11) is 1.60. The van der Waals surface area contributed by atoms with Crippen molar-refractivity contribution in [1.29, 1.82) is 0 Å². The van der Waals surface area contributed by atoms with Gasteiger partial charge in [-0.2, -0.15) is 0 Å². The molecule has 2 heteroatoms. The number of ether oxygens (including phenoxy) is 1. The summed E-state index contributed by atoms with van der Waals surface area (Å²) < 4.78 is 4.88. The van der Waals surface area contributed by atoms with Gasteiger partial charge >= 0.3 is 0 Å². The van der Waals surface area contributed by atoms with Crippen LogP contribution in [-0.2, 0) is 4.74 Å². The summed E-state index contributed by atoms with van der Waals surface area (Å²) in [5, 5.41) is 0. The summed E-state index contributed by atoms with van der Waals surface area (Å²) in [5.74, 6) is 0. The Hall–Kier alpha value is -1.57. The van der Waals surface area contributed by atoms with Gasteiger partial charge in [-0.15, -0.1) is 0 Å². The van der Waals surface area contributed by atoms with E-state index in [0.29, 0.717) is 0 Å². The van der Waals surface area contributed by atoms with E-state index in [9.17, 15) is 0 Å². The molecule has 2 nitrogen and oxygen atoms in total. The molecule has 0 bridgehead atoms. The second kappa shape index (κ2) is 4.45. The minimum atomic E-state index is 0.752. The third-order valence-electron chi connectivity index (χ3n) is 1.75. The van der Waals surface area contributed by atoms with Crippen molar-refractivity contribution in [1.82, 2.24) is 0 Å². The van der Waals surface area contributed by atoms with Gasteiger partial charge in [0.05, 0.1) is 7.11 Å². The van der Waals surface area contributed by atoms with E-state index in [0.717, 1.165) is 11.3 Å². The highest BCUT2D eigenvalue weighted by atomic mass is 16.5. The largest absolute Gasteiger partial charge is 0.502 e. The van der Waals surface area contributed by atoms with Crippen molar-refractivity contribution in [3.8, 4) is 0 Å². The highest BCUT2D eigenvalue weighted by molar-refractivity contribution is 5.67. The van der Waals surface area contributed by atoms with Crippen molar-refractivity contribution in [3.63, 3.8) is 0 Å². The summed E-state index contributed by atoms with van der Waals surface area (Å²) in [4.78, 5) is 3.86. The summed E-state index contributed by atoms with van der Waals surface area (Å²) >= 11 is 0. The van der Waals surface area contributed by atoms with Gasteiger partial charge in [-0.25, -0.2) is 0 Å². The lowest BCUT2D eigenvalue weighted by molar-refractivity contribution is 0.339. The Morgan fingerprint density at radius 1 is 1.38 bits per heavy atom. The summed E-state index contributed by atoms with van der Waals surface area (Å²) in [6, 6.07) is 8.05. The van der Waals surface area contributed by atoms with E-state index in [1.807, 2.05) is 31.2 Å². The number of hydrogen-bond donors (Lipinski definition) is 0. The van der Waals surface area contributed by atoms with Crippen molar-refractivity contribution in [2.24, 2.45) is 4.99 Å². The molecule has 68 valence electrons. The van der Waals surface area contributed by atoms with Gasteiger partial charge in [0.15, 0.2) is 0 Å². The summed E-state index contributed by atoms with van der Waals surface area (Å²) in [5.41, 5.74) is 2.99. The molecule has 0 aliphatic carbocycles. The summed E-state index contributed by atoms with van der Waals surface area (Å²) in [6.45, 7) is 5.53. The van der Waals surface area contributed by atoms with Gasteiger partial charge in [0, 0.05) is 5.56 Å². The van der Waals surface area contributed by atoms with E-state index in [-0.39, 0.29) is 0 Å². The van der Waals surface area contributed by atoms with Gasteiger partial charge in [0.2, 0.25) is 0 Å². The molecule has 0 amide bonds. The molecule has 0 fully saturated rings. The van der Waals surface area contributed by atoms with Crippen LogP contribution in [-0.4, -0.2) is 13.8 Å². The lowest BCUT2D eigenvalue weighted by Crippen LogP contribution is -1.82. The SMILES string of the molecule is C=N/C(=C\OC)c1ccc(C)cc1. The molecule has 0 heterocycles. The van der Waals surface area contributed by atoms with E-state index in [1.54, 1.807) is 13.4 Å². The Balaban J connectivity index is 2.99. The number of aryl methyl sites for hydroxylation is 1. The molecule has 0 saturated heterocycles. The van der Waals surface area contributed by atoms with E-state index in [1.165, 1.54) is 5.56 Å². The maximum Gasteiger partial charge on any atom is 0.109 e. The Labute approximate surface area is 78.6 Å². The van der Waals surface area contributed by atoms with E-state index < -0.39 is 0 Å². The van der Waals surface area contributed by atoms with Crippen LogP contribution in [0.4, 0.5) is 0 Å². The molecule has 0 aliphatic heterocycles. The third kappa shape index (κ3) is 2.44. The molecular formula is C11H13NO. The molecule has 1 rings (SSSR count). The second-order valence-electron chi connectivity index (χ2n) is 2.76. The molecule has 0 spiro atoms. The number of nitrogens with zero attached hydrogens (tertiary/aromatic N) is 1. The highest BCUT2D eigenvalue weighted by Gasteiger charge is 1.97. The van der Waals surface area contributed by atoms with Crippen LogP contribution in [0.1, 0.15) is 11.1 Å². The van der Waals surface area contributed by atoms with Crippen LogP contribution in [0.25, 0.3) is 5.70 Å². The number of hydrogen-bond acceptors (Lipinski definition) is 2. The first-order valence-corrected chi connectivity index (χ1v) is 4.04. The van der Waals surface area contributed by atoms with Crippen molar-refractivity contribution < 1.29 is 4.74 Å². The van der Waals surface area contributed by atoms with E-state index >= 15 is 0 Å². The van der Waals surface area contributed by atoms with Gasteiger partial charge in [-0.3, -0.25) is 4.99 Å². The highest BCUT2D eigenvalue weighted by Crippen LogP contribution is 2.15. The van der Waals surface area contributed by atoms with Crippen molar-refractivity contribution in [2.75, 3.05) is 7.11 Å². The maximum atomic E-state index is 4.88. The predicted octanol–water partition coefficient (Wildman–Crippen LogP) is 2.64.